The van der Waals surface area contributed by atoms with Crippen LogP contribution < -0.4 is 14.9 Å². The Morgan fingerprint density at radius 3 is 2.80 bits per heavy atom. The summed E-state index contributed by atoms with van der Waals surface area (Å²) in [5.41, 5.74) is 3.96. The van der Waals surface area contributed by atoms with E-state index in [1.807, 2.05) is 6.07 Å². The van der Waals surface area contributed by atoms with Crippen molar-refractivity contribution < 1.29 is 28.3 Å². The van der Waals surface area contributed by atoms with Crippen molar-refractivity contribution in [3.05, 3.63) is 69.1 Å². The normalized spacial score (nSPS) is 10.7. The van der Waals surface area contributed by atoms with Crippen LogP contribution in [0.2, 0.25) is 0 Å². The number of amides is 1. The van der Waals surface area contributed by atoms with Crippen molar-refractivity contribution in [3.63, 3.8) is 0 Å². The number of nitriles is 1. The Labute approximate surface area is 199 Å². The van der Waals surface area contributed by atoms with Crippen molar-refractivity contribution in [2.45, 2.75) is 13.5 Å². The third kappa shape index (κ3) is 6.18. The van der Waals surface area contributed by atoms with E-state index in [0.29, 0.717) is 28.3 Å². The molecule has 12 heteroatoms. The van der Waals surface area contributed by atoms with Crippen LogP contribution in [0.3, 0.4) is 0 Å². The van der Waals surface area contributed by atoms with Gasteiger partial charge in [0.25, 0.3) is 11.6 Å². The zero-order valence-corrected chi connectivity index (χ0v) is 19.1. The Hall–Kier alpha value is -4.76. The van der Waals surface area contributed by atoms with Crippen LogP contribution in [0.25, 0.3) is 11.3 Å². The summed E-state index contributed by atoms with van der Waals surface area (Å²) in [5.74, 6) is 0.442. The number of methoxy groups -OCH3 is 2. The molecule has 12 nitrogen and oxygen atoms in total. The predicted octanol–water partition coefficient (Wildman–Crippen LogP) is 3.11. The molecule has 1 aromatic carbocycles. The summed E-state index contributed by atoms with van der Waals surface area (Å²) in [6.07, 6.45) is 1.26. The molecule has 0 aliphatic carbocycles. The number of ether oxygens (including phenoxy) is 3. The minimum Gasteiger partial charge on any atom is -0.496 e. The van der Waals surface area contributed by atoms with E-state index in [2.05, 4.69) is 15.5 Å². The fraction of sp³-hybridized carbons (Fsp3) is 0.217. The number of nitrogens with one attached hydrogen (secondary N) is 1. The Kier molecular flexibility index (Phi) is 8.10. The zero-order chi connectivity index (χ0) is 25.4. The topological polar surface area (TPSA) is 162 Å². The number of benzene rings is 1. The second kappa shape index (κ2) is 11.4. The SMILES string of the molecule is COCc1cc(C)nc(OCC(=O)N/N=C/c2ccc(-c3cc([N+](=O)[O-])ccc3OC)o2)c1C#N. The van der Waals surface area contributed by atoms with Gasteiger partial charge in [-0.15, -0.1) is 0 Å². The summed E-state index contributed by atoms with van der Waals surface area (Å²) in [5, 5.41) is 24.3. The molecule has 0 saturated heterocycles. The van der Waals surface area contributed by atoms with Crippen LogP contribution >= 0.6 is 0 Å². The summed E-state index contributed by atoms with van der Waals surface area (Å²) in [7, 11) is 2.95. The maximum Gasteiger partial charge on any atom is 0.278 e. The Bertz CT molecular complexity index is 1310. The van der Waals surface area contributed by atoms with Crippen LogP contribution in [0.15, 0.2) is 45.9 Å². The lowest BCUT2D eigenvalue weighted by molar-refractivity contribution is -0.384. The molecule has 35 heavy (non-hydrogen) atoms. The molecular weight excluding hydrogens is 458 g/mol. The van der Waals surface area contributed by atoms with Crippen LogP contribution in [0.5, 0.6) is 11.6 Å². The number of carbonyl (C=O) groups excluding carboxylic acids is 1. The maximum absolute atomic E-state index is 12.1. The van der Waals surface area contributed by atoms with Gasteiger partial charge in [0.2, 0.25) is 5.88 Å². The standard InChI is InChI=1S/C23H21N5O7/c1-14-8-15(12-32-2)19(10-24)23(26-14)34-13-22(29)27-25-11-17-5-7-21(35-17)18-9-16(28(30)31)4-6-20(18)33-3/h4-9,11H,12-13H2,1-3H3,(H,27,29)/b25-11+. The molecule has 0 atom stereocenters. The summed E-state index contributed by atoms with van der Waals surface area (Å²) >= 11 is 0. The molecule has 1 N–H and O–H groups in total. The fourth-order valence-corrected chi connectivity index (χ4v) is 3.11. The first-order chi connectivity index (χ1) is 16.9. The lowest BCUT2D eigenvalue weighted by Crippen LogP contribution is -2.25. The number of nitrogens with zero attached hydrogens (tertiary/aromatic N) is 4. The van der Waals surface area contributed by atoms with E-state index in [1.54, 1.807) is 25.1 Å². The molecule has 0 fully saturated rings. The average Bonchev–Trinajstić information content (AvgIpc) is 3.31. The van der Waals surface area contributed by atoms with Crippen molar-refractivity contribution in [1.29, 1.82) is 5.26 Å². The second-order valence-electron chi connectivity index (χ2n) is 7.07. The molecule has 0 saturated carbocycles. The van der Waals surface area contributed by atoms with E-state index in [-0.39, 0.29) is 29.5 Å². The third-order valence-corrected chi connectivity index (χ3v) is 4.61. The predicted molar refractivity (Wildman–Crippen MR) is 123 cm³/mol. The van der Waals surface area contributed by atoms with Crippen LogP contribution in [0.4, 0.5) is 5.69 Å². The Morgan fingerprint density at radius 1 is 1.31 bits per heavy atom. The molecule has 0 aliphatic rings. The van der Waals surface area contributed by atoms with Gasteiger partial charge in [-0.25, -0.2) is 10.4 Å². The molecule has 3 rings (SSSR count). The molecule has 0 aliphatic heterocycles. The number of furan rings is 1. The molecule has 0 unspecified atom stereocenters. The van der Waals surface area contributed by atoms with Gasteiger partial charge in [-0.2, -0.15) is 10.4 Å². The van der Waals surface area contributed by atoms with Crippen molar-refractivity contribution in [1.82, 2.24) is 10.4 Å². The first kappa shape index (κ1) is 24.9. The van der Waals surface area contributed by atoms with Crippen molar-refractivity contribution in [2.24, 2.45) is 5.10 Å². The number of hydrogen-bond donors (Lipinski definition) is 1. The molecule has 2 heterocycles. The molecule has 2 aromatic heterocycles. The summed E-state index contributed by atoms with van der Waals surface area (Å²) < 4.78 is 21.4. The molecule has 3 aromatic rings. The quantitative estimate of drug-likeness (QED) is 0.261. The van der Waals surface area contributed by atoms with Crippen LogP contribution in [-0.4, -0.2) is 42.9 Å². The largest absolute Gasteiger partial charge is 0.496 e. The highest BCUT2D eigenvalue weighted by molar-refractivity contribution is 5.82. The van der Waals surface area contributed by atoms with Crippen LogP contribution in [0, 0.1) is 28.4 Å². The third-order valence-electron chi connectivity index (χ3n) is 4.61. The van der Waals surface area contributed by atoms with Gasteiger partial charge < -0.3 is 18.6 Å². The summed E-state index contributed by atoms with van der Waals surface area (Å²) in [6.45, 7) is 1.51. The Morgan fingerprint density at radius 2 is 2.11 bits per heavy atom. The molecule has 0 radical (unpaired) electrons. The van der Waals surface area contributed by atoms with Crippen LogP contribution in [-0.2, 0) is 16.1 Å². The van der Waals surface area contributed by atoms with Gasteiger partial charge in [0.1, 0.15) is 28.9 Å². The maximum atomic E-state index is 12.1. The van der Waals surface area contributed by atoms with E-state index in [0.717, 1.165) is 0 Å². The number of carbonyl (C=O) groups is 1. The van der Waals surface area contributed by atoms with Gasteiger partial charge in [-0.05, 0) is 31.2 Å². The number of pyridine rings is 1. The van der Waals surface area contributed by atoms with Crippen molar-refractivity contribution in [2.75, 3.05) is 20.8 Å². The first-order valence-corrected chi connectivity index (χ1v) is 10.1. The summed E-state index contributed by atoms with van der Waals surface area (Å²) in [6, 6.07) is 11.0. The van der Waals surface area contributed by atoms with Gasteiger partial charge in [0, 0.05) is 30.5 Å². The highest BCUT2D eigenvalue weighted by Crippen LogP contribution is 2.34. The Balaban J connectivity index is 1.64. The fourth-order valence-electron chi connectivity index (χ4n) is 3.11. The monoisotopic (exact) mass is 479 g/mol. The van der Waals surface area contributed by atoms with E-state index in [1.165, 1.54) is 38.6 Å². The van der Waals surface area contributed by atoms with E-state index < -0.39 is 17.4 Å². The lowest BCUT2D eigenvalue weighted by atomic mass is 10.1. The van der Waals surface area contributed by atoms with E-state index >= 15 is 0 Å². The highest BCUT2D eigenvalue weighted by atomic mass is 16.6. The van der Waals surface area contributed by atoms with E-state index in [9.17, 15) is 20.2 Å². The number of hydrazone groups is 1. The van der Waals surface area contributed by atoms with Gasteiger partial charge >= 0.3 is 0 Å². The number of aromatic nitrogens is 1. The summed E-state index contributed by atoms with van der Waals surface area (Å²) in [4.78, 5) is 26.8. The molecule has 0 bridgehead atoms. The minimum atomic E-state index is -0.589. The lowest BCUT2D eigenvalue weighted by Gasteiger charge is -2.10. The van der Waals surface area contributed by atoms with Gasteiger partial charge in [-0.3, -0.25) is 14.9 Å². The molecule has 1 amide bonds. The number of nitro benzene ring substituents is 1. The van der Waals surface area contributed by atoms with Gasteiger partial charge in [-0.1, -0.05) is 0 Å². The smallest absolute Gasteiger partial charge is 0.278 e. The number of aryl methyl sites for hydroxylation is 1. The van der Waals surface area contributed by atoms with Gasteiger partial charge in [0.05, 0.1) is 30.4 Å². The number of hydrogen-bond acceptors (Lipinski definition) is 10. The molecular formula is C23H21N5O7. The average molecular weight is 479 g/mol. The van der Waals surface area contributed by atoms with Crippen molar-refractivity contribution in [3.8, 4) is 29.0 Å². The number of rotatable bonds is 10. The van der Waals surface area contributed by atoms with Crippen molar-refractivity contribution >= 4 is 17.8 Å². The molecule has 0 spiro atoms. The number of nitro groups is 1. The number of non-ortho nitro benzene ring substituents is 1. The zero-order valence-electron chi connectivity index (χ0n) is 19.1. The van der Waals surface area contributed by atoms with Gasteiger partial charge in [0.15, 0.2) is 6.61 Å². The first-order valence-electron chi connectivity index (χ1n) is 10.1. The highest BCUT2D eigenvalue weighted by Gasteiger charge is 2.16. The van der Waals surface area contributed by atoms with E-state index in [4.69, 9.17) is 18.6 Å². The molecule has 180 valence electrons. The minimum absolute atomic E-state index is 0.0280. The van der Waals surface area contributed by atoms with Crippen LogP contribution in [0.1, 0.15) is 22.6 Å². The second-order valence-corrected chi connectivity index (χ2v) is 7.07.